The zero-order chi connectivity index (χ0) is 43.7. The first-order valence-electron chi connectivity index (χ1n) is 20.8. The van der Waals surface area contributed by atoms with Crippen LogP contribution in [0.2, 0.25) is 5.02 Å². The summed E-state index contributed by atoms with van der Waals surface area (Å²) in [5.41, 5.74) is 9.51. The van der Waals surface area contributed by atoms with Crippen molar-refractivity contribution in [3.05, 3.63) is 106 Å². The molecule has 2 aliphatic carbocycles. The predicted molar refractivity (Wildman–Crippen MR) is 231 cm³/mol. The number of fused-ring (bicyclic) bond motifs is 4. The number of allylic oxidation sites excluding steroid dienone is 2. The molecule has 1 heterocycles. The number of halogens is 1. The van der Waals surface area contributed by atoms with Crippen molar-refractivity contribution < 1.29 is 39.0 Å². The minimum Gasteiger partial charge on any atom is -0.508 e. The van der Waals surface area contributed by atoms with E-state index in [4.69, 9.17) is 17.3 Å². The number of likely N-dealkylation sites (N-methyl/N-ethyl adjacent to an activating group) is 1. The molecule has 2 aromatic rings. The van der Waals surface area contributed by atoms with Gasteiger partial charge >= 0.3 is 0 Å². The average Bonchev–Trinajstić information content (AvgIpc) is 3.23. The Balaban J connectivity index is 1.45. The molecule has 0 fully saturated rings. The molecule has 0 saturated heterocycles. The third kappa shape index (κ3) is 11.3. The van der Waals surface area contributed by atoms with Crippen molar-refractivity contribution in [1.29, 1.82) is 0 Å². The Morgan fingerprint density at radius 1 is 1.00 bits per heavy atom. The number of nitrogens with zero attached hydrogens (tertiary/aromatic N) is 1. The molecule has 320 valence electrons. The highest BCUT2D eigenvalue weighted by Gasteiger charge is 2.40. The standard InChI is InChI=1S/C47H57ClN4O8/c1-5-39(53)28(3)50-46(59)38-24-29-9-19-40(54)36(23-29)37-25-33(16-20-41(37)55)44(43(57)22-27(2)45(58)51-38)52(4)47(60)34(8-6-7-21-49)26-42(56)32-12-10-30(11-13-32)31-14-17-35(48)18-15-31/h9-18,20,23,27-28,33-34,38,40,44,54-55H,5-8,19,21-22,24-26,49H2,1-4H3,(H,50,59)(H,51,58)/t27-,28+,33+,34-,38+,40?,44+/m1/s1. The number of carbonyl (C=O) groups excluding carboxylic acids is 6. The Morgan fingerprint density at radius 3 is 2.32 bits per heavy atom. The van der Waals surface area contributed by atoms with Gasteiger partial charge in [-0.3, -0.25) is 28.8 Å². The van der Waals surface area contributed by atoms with Crippen LogP contribution < -0.4 is 16.4 Å². The zero-order valence-corrected chi connectivity index (χ0v) is 35.5. The van der Waals surface area contributed by atoms with E-state index in [2.05, 4.69) is 10.6 Å². The molecule has 13 heteroatoms. The molecule has 4 bridgehead atoms. The van der Waals surface area contributed by atoms with Crippen molar-refractivity contribution in [2.24, 2.45) is 23.5 Å². The highest BCUT2D eigenvalue weighted by Crippen LogP contribution is 2.38. The lowest BCUT2D eigenvalue weighted by molar-refractivity contribution is -0.143. The Hall–Kier alpha value is -5.17. The fourth-order valence-corrected chi connectivity index (χ4v) is 8.33. The van der Waals surface area contributed by atoms with E-state index >= 15 is 0 Å². The number of aliphatic hydroxyl groups excluding tert-OH is 2. The van der Waals surface area contributed by atoms with E-state index in [1.807, 2.05) is 24.3 Å². The minimum absolute atomic E-state index is 0.0332. The maximum Gasteiger partial charge on any atom is 0.243 e. The lowest BCUT2D eigenvalue weighted by Crippen LogP contribution is -2.53. The van der Waals surface area contributed by atoms with Gasteiger partial charge in [-0.2, -0.15) is 0 Å². The molecule has 6 N–H and O–H groups in total. The van der Waals surface area contributed by atoms with Crippen LogP contribution in [0, 0.1) is 17.8 Å². The second-order valence-electron chi connectivity index (χ2n) is 16.2. The molecule has 0 spiro atoms. The number of carbonyl (C=O) groups is 6. The normalized spacial score (nSPS) is 23.0. The number of benzene rings is 2. The van der Waals surface area contributed by atoms with E-state index < -0.39 is 65.5 Å². The van der Waals surface area contributed by atoms with Crippen LogP contribution in [-0.2, 0) is 24.0 Å². The van der Waals surface area contributed by atoms with Crippen LogP contribution in [0.5, 0.6) is 0 Å². The molecule has 1 unspecified atom stereocenters. The first-order valence-corrected chi connectivity index (χ1v) is 21.2. The van der Waals surface area contributed by atoms with Crippen LogP contribution in [0.25, 0.3) is 11.1 Å². The molecule has 60 heavy (non-hydrogen) atoms. The third-order valence-corrected chi connectivity index (χ3v) is 12.0. The summed E-state index contributed by atoms with van der Waals surface area (Å²) >= 11 is 6.06. The summed E-state index contributed by atoms with van der Waals surface area (Å²) in [6, 6.07) is 11.5. The number of nitrogens with two attached hydrogens (primary N) is 1. The largest absolute Gasteiger partial charge is 0.508 e. The fraction of sp³-hybridized carbons (Fsp3) is 0.447. The molecular weight excluding hydrogens is 784 g/mol. The van der Waals surface area contributed by atoms with E-state index in [1.165, 1.54) is 18.0 Å². The number of amides is 3. The van der Waals surface area contributed by atoms with Crippen molar-refractivity contribution in [2.75, 3.05) is 13.6 Å². The maximum atomic E-state index is 14.6. The van der Waals surface area contributed by atoms with Gasteiger partial charge in [-0.05, 0) is 79.6 Å². The molecule has 2 aromatic carbocycles. The van der Waals surface area contributed by atoms with Crippen molar-refractivity contribution >= 4 is 46.7 Å². The smallest absolute Gasteiger partial charge is 0.243 e. The first kappa shape index (κ1) is 45.9. The molecule has 0 saturated carbocycles. The Morgan fingerprint density at radius 2 is 1.67 bits per heavy atom. The summed E-state index contributed by atoms with van der Waals surface area (Å²) in [5.74, 6) is -4.86. The Labute approximate surface area is 357 Å². The molecular formula is C47H57ClN4O8. The lowest BCUT2D eigenvalue weighted by atomic mass is 9.77. The zero-order valence-electron chi connectivity index (χ0n) is 34.8. The number of ketones is 3. The van der Waals surface area contributed by atoms with Gasteiger partial charge in [0.15, 0.2) is 17.3 Å². The molecule has 0 radical (unpaired) electrons. The van der Waals surface area contributed by atoms with E-state index in [9.17, 15) is 39.0 Å². The fourth-order valence-electron chi connectivity index (χ4n) is 8.20. The van der Waals surface area contributed by atoms with Crippen LogP contribution in [0.4, 0.5) is 0 Å². The van der Waals surface area contributed by atoms with Gasteiger partial charge in [0.1, 0.15) is 11.8 Å². The number of hydrogen-bond donors (Lipinski definition) is 5. The summed E-state index contributed by atoms with van der Waals surface area (Å²) < 4.78 is 0. The molecule has 3 aliphatic rings. The first-order chi connectivity index (χ1) is 28.6. The SMILES string of the molecule is CCC(=O)[C@H](C)NC(=O)[C@@H]1CC2=CCC(O)C(=C2)C2=C(O)C=C[C@@H](C2)[C@H](N(C)C(=O)[C@H](CCCCN)CC(=O)c2ccc(-c3ccc(Cl)cc3)cc2)C(=O)C[C@@H](C)C(=O)N1. The van der Waals surface area contributed by atoms with Crippen molar-refractivity contribution in [1.82, 2.24) is 15.5 Å². The maximum absolute atomic E-state index is 14.6. The number of unbranched alkanes of at least 4 members (excludes halogenated alkanes) is 1. The number of Topliss-reactive ketones (excluding diaryl/α,β-unsaturated/α-hetero) is 3. The van der Waals surface area contributed by atoms with Gasteiger partial charge in [0.25, 0.3) is 0 Å². The predicted octanol–water partition coefficient (Wildman–Crippen LogP) is 6.13. The minimum atomic E-state index is -1.12. The number of rotatable bonds is 14. The van der Waals surface area contributed by atoms with Gasteiger partial charge in [-0.15, -0.1) is 0 Å². The molecule has 12 nitrogen and oxygen atoms in total. The quantitative estimate of drug-likeness (QED) is 0.110. The van der Waals surface area contributed by atoms with E-state index in [-0.39, 0.29) is 55.9 Å². The van der Waals surface area contributed by atoms with Crippen LogP contribution in [-0.4, -0.2) is 88.0 Å². The molecule has 0 aromatic heterocycles. The van der Waals surface area contributed by atoms with Gasteiger partial charge in [0, 0.05) is 66.6 Å². The van der Waals surface area contributed by atoms with Crippen molar-refractivity contribution in [3.8, 4) is 11.1 Å². The van der Waals surface area contributed by atoms with Crippen LogP contribution in [0.15, 0.2) is 95.3 Å². The summed E-state index contributed by atoms with van der Waals surface area (Å²) in [6.45, 7) is 5.24. The van der Waals surface area contributed by atoms with Gasteiger partial charge in [0.05, 0.1) is 18.2 Å². The second kappa shape index (κ2) is 20.9. The molecule has 5 rings (SSSR count). The molecule has 1 aliphatic heterocycles. The highest BCUT2D eigenvalue weighted by molar-refractivity contribution is 6.30. The number of hydrogen-bond acceptors (Lipinski definition) is 9. The van der Waals surface area contributed by atoms with Gasteiger partial charge in [-0.1, -0.05) is 86.5 Å². The van der Waals surface area contributed by atoms with Gasteiger partial charge < -0.3 is 31.5 Å². The highest BCUT2D eigenvalue weighted by atomic mass is 35.5. The molecule has 7 atom stereocenters. The average molecular weight is 841 g/mol. The van der Waals surface area contributed by atoms with E-state index in [0.717, 1.165) is 11.1 Å². The van der Waals surface area contributed by atoms with Gasteiger partial charge in [0.2, 0.25) is 17.7 Å². The second-order valence-corrected chi connectivity index (χ2v) is 16.6. The van der Waals surface area contributed by atoms with Crippen molar-refractivity contribution in [2.45, 2.75) is 103 Å². The number of nitrogens with one attached hydrogen (secondary N) is 2. The van der Waals surface area contributed by atoms with Crippen LogP contribution in [0.1, 0.15) is 88.9 Å². The van der Waals surface area contributed by atoms with Crippen molar-refractivity contribution in [3.63, 3.8) is 0 Å². The third-order valence-electron chi connectivity index (χ3n) is 11.8. The van der Waals surface area contributed by atoms with Gasteiger partial charge in [-0.25, -0.2) is 0 Å². The summed E-state index contributed by atoms with van der Waals surface area (Å²) in [7, 11) is 1.53. The van der Waals surface area contributed by atoms with E-state index in [1.54, 1.807) is 63.3 Å². The summed E-state index contributed by atoms with van der Waals surface area (Å²) in [5, 5.41) is 28.5. The van der Waals surface area contributed by atoms with Crippen LogP contribution in [0.3, 0.4) is 0 Å². The monoisotopic (exact) mass is 840 g/mol. The number of aliphatic hydroxyl groups is 2. The Kier molecular flexibility index (Phi) is 16.0. The summed E-state index contributed by atoms with van der Waals surface area (Å²) in [4.78, 5) is 84.1. The molecule has 3 amide bonds. The van der Waals surface area contributed by atoms with Crippen LogP contribution >= 0.6 is 11.6 Å². The van der Waals surface area contributed by atoms with E-state index in [0.29, 0.717) is 53.1 Å². The lowest BCUT2D eigenvalue weighted by Gasteiger charge is -2.37. The topological polar surface area (TPSA) is 196 Å². The Bertz CT molecular complexity index is 2070. The summed E-state index contributed by atoms with van der Waals surface area (Å²) in [6.07, 6.45) is 7.23.